The lowest BCUT2D eigenvalue weighted by atomic mass is 9.80. The molecule has 1 atom stereocenters. The van der Waals surface area contributed by atoms with Gasteiger partial charge in [0.05, 0.1) is 17.9 Å². The molecule has 2 aromatic carbocycles. The van der Waals surface area contributed by atoms with Crippen molar-refractivity contribution in [1.82, 2.24) is 0 Å². The standard InChI is InChI=1S/C22H19F3N2O4/c1-2-31-21(30)18-16(13-7-4-3-5-8-13)12-17(28)19(20(18)29)27-26-15-10-6-9-14(11-15)22(23,24)25/h3-11,16,26,29H,2,12H2,1H3/p-1/b27-19+. The first-order valence-corrected chi connectivity index (χ1v) is 9.40. The molecule has 3 rings (SSSR count). The van der Waals surface area contributed by atoms with E-state index in [1.54, 1.807) is 37.3 Å². The summed E-state index contributed by atoms with van der Waals surface area (Å²) in [6.45, 7) is 1.61. The second kappa shape index (κ2) is 9.03. The Morgan fingerprint density at radius 3 is 2.55 bits per heavy atom. The highest BCUT2D eigenvalue weighted by molar-refractivity contribution is 6.47. The summed E-state index contributed by atoms with van der Waals surface area (Å²) in [7, 11) is 0. The van der Waals surface area contributed by atoms with Gasteiger partial charge in [-0.15, -0.1) is 0 Å². The number of alkyl halides is 3. The molecule has 6 nitrogen and oxygen atoms in total. The van der Waals surface area contributed by atoms with Crippen LogP contribution in [0.2, 0.25) is 0 Å². The van der Waals surface area contributed by atoms with E-state index in [0.717, 1.165) is 18.2 Å². The van der Waals surface area contributed by atoms with Crippen molar-refractivity contribution in [2.45, 2.75) is 25.4 Å². The van der Waals surface area contributed by atoms with Crippen LogP contribution in [0.3, 0.4) is 0 Å². The molecule has 0 bridgehead atoms. The monoisotopic (exact) mass is 431 g/mol. The van der Waals surface area contributed by atoms with Gasteiger partial charge in [0, 0.05) is 17.9 Å². The fraction of sp³-hybridized carbons (Fsp3) is 0.227. The van der Waals surface area contributed by atoms with Gasteiger partial charge in [-0.1, -0.05) is 42.2 Å². The van der Waals surface area contributed by atoms with E-state index in [1.165, 1.54) is 6.07 Å². The van der Waals surface area contributed by atoms with Crippen molar-refractivity contribution in [2.75, 3.05) is 12.0 Å². The Kier molecular flexibility index (Phi) is 6.43. The first-order chi connectivity index (χ1) is 14.7. The number of ether oxygens (including phenoxy) is 1. The average Bonchev–Trinajstić information content (AvgIpc) is 2.73. The summed E-state index contributed by atoms with van der Waals surface area (Å²) in [5, 5.41) is 16.7. The van der Waals surface area contributed by atoms with Crippen molar-refractivity contribution in [3.63, 3.8) is 0 Å². The minimum Gasteiger partial charge on any atom is -0.871 e. The van der Waals surface area contributed by atoms with Crippen LogP contribution in [-0.2, 0) is 20.5 Å². The van der Waals surface area contributed by atoms with Crippen LogP contribution < -0.4 is 10.5 Å². The number of carbonyl (C=O) groups is 2. The molecule has 1 unspecified atom stereocenters. The fourth-order valence-corrected chi connectivity index (χ4v) is 3.21. The molecule has 0 spiro atoms. The number of hydrogen-bond donors (Lipinski definition) is 1. The molecule has 2 aromatic rings. The lowest BCUT2D eigenvalue weighted by Gasteiger charge is -2.30. The van der Waals surface area contributed by atoms with Crippen LogP contribution in [0.15, 0.2) is 71.0 Å². The summed E-state index contributed by atoms with van der Waals surface area (Å²) in [6, 6.07) is 12.7. The molecule has 0 heterocycles. The van der Waals surface area contributed by atoms with Crippen molar-refractivity contribution in [3.05, 3.63) is 77.1 Å². The summed E-state index contributed by atoms with van der Waals surface area (Å²) < 4.78 is 43.6. The number of allylic oxidation sites excluding steroid dienone is 1. The zero-order valence-corrected chi connectivity index (χ0v) is 16.4. The Morgan fingerprint density at radius 1 is 1.19 bits per heavy atom. The number of benzene rings is 2. The number of nitrogens with one attached hydrogen (secondary N) is 1. The van der Waals surface area contributed by atoms with E-state index in [9.17, 15) is 27.9 Å². The van der Waals surface area contributed by atoms with Gasteiger partial charge in [0.25, 0.3) is 0 Å². The third-order valence-electron chi connectivity index (χ3n) is 4.65. The third kappa shape index (κ3) is 4.93. The number of carbonyl (C=O) groups excluding carboxylic acids is 2. The van der Waals surface area contributed by atoms with Crippen molar-refractivity contribution in [2.24, 2.45) is 5.10 Å². The Morgan fingerprint density at radius 2 is 1.90 bits per heavy atom. The van der Waals surface area contributed by atoms with Crippen LogP contribution >= 0.6 is 0 Å². The summed E-state index contributed by atoms with van der Waals surface area (Å²) in [5.74, 6) is -3.21. The quantitative estimate of drug-likeness (QED) is 0.579. The van der Waals surface area contributed by atoms with Gasteiger partial charge >= 0.3 is 12.1 Å². The lowest BCUT2D eigenvalue weighted by molar-refractivity contribution is -0.292. The number of ketones is 1. The van der Waals surface area contributed by atoms with Crippen LogP contribution in [0.1, 0.15) is 30.4 Å². The summed E-state index contributed by atoms with van der Waals surface area (Å²) in [4.78, 5) is 25.1. The molecule has 1 aliphatic rings. The van der Waals surface area contributed by atoms with Crippen LogP contribution in [0.4, 0.5) is 18.9 Å². The van der Waals surface area contributed by atoms with E-state index in [2.05, 4.69) is 10.5 Å². The number of esters is 1. The Labute approximate surface area is 176 Å². The first-order valence-electron chi connectivity index (χ1n) is 9.40. The zero-order valence-electron chi connectivity index (χ0n) is 16.4. The highest BCUT2D eigenvalue weighted by Gasteiger charge is 2.34. The van der Waals surface area contributed by atoms with Gasteiger partial charge in [0.2, 0.25) is 0 Å². The van der Waals surface area contributed by atoms with Crippen LogP contribution in [0, 0.1) is 0 Å². The predicted octanol–water partition coefficient (Wildman–Crippen LogP) is 3.41. The molecular formula is C22H18F3N2O4-. The smallest absolute Gasteiger partial charge is 0.416 e. The highest BCUT2D eigenvalue weighted by Crippen LogP contribution is 2.35. The first kappa shape index (κ1) is 22.1. The number of halogens is 3. The van der Waals surface area contributed by atoms with Crippen molar-refractivity contribution < 1.29 is 32.6 Å². The van der Waals surface area contributed by atoms with Gasteiger partial charge in [0.15, 0.2) is 5.78 Å². The molecule has 0 aromatic heterocycles. The number of Topliss-reactive ketones (excluding diaryl/α,β-unsaturated/α-hetero) is 1. The van der Waals surface area contributed by atoms with E-state index >= 15 is 0 Å². The summed E-state index contributed by atoms with van der Waals surface area (Å²) >= 11 is 0. The number of hydrazone groups is 1. The second-order valence-corrected chi connectivity index (χ2v) is 6.70. The molecule has 0 saturated carbocycles. The SMILES string of the molecule is CCOC(=O)C1=C([O-])/C(=N/Nc2cccc(C(F)(F)F)c2)C(=O)CC1c1ccccc1. The number of rotatable bonds is 5. The van der Waals surface area contributed by atoms with E-state index in [0.29, 0.717) is 5.56 Å². The maximum atomic E-state index is 13.0. The second-order valence-electron chi connectivity index (χ2n) is 6.70. The minimum atomic E-state index is -4.56. The highest BCUT2D eigenvalue weighted by atomic mass is 19.4. The van der Waals surface area contributed by atoms with Gasteiger partial charge in [-0.2, -0.15) is 18.3 Å². The van der Waals surface area contributed by atoms with Crippen LogP contribution in [0.25, 0.3) is 0 Å². The molecule has 31 heavy (non-hydrogen) atoms. The predicted molar refractivity (Wildman–Crippen MR) is 105 cm³/mol. The van der Waals surface area contributed by atoms with Crippen LogP contribution in [0.5, 0.6) is 0 Å². The number of anilines is 1. The van der Waals surface area contributed by atoms with Crippen LogP contribution in [-0.4, -0.2) is 24.1 Å². The molecule has 9 heteroatoms. The molecule has 1 N–H and O–H groups in total. The molecule has 0 saturated heterocycles. The summed E-state index contributed by atoms with van der Waals surface area (Å²) in [5.41, 5.74) is 1.13. The van der Waals surface area contributed by atoms with E-state index < -0.39 is 40.9 Å². The fourth-order valence-electron chi connectivity index (χ4n) is 3.21. The number of hydrogen-bond acceptors (Lipinski definition) is 6. The topological polar surface area (TPSA) is 90.8 Å². The Balaban J connectivity index is 1.99. The number of nitrogens with zero attached hydrogens (tertiary/aromatic N) is 1. The van der Waals surface area contributed by atoms with Crippen molar-refractivity contribution in [3.8, 4) is 0 Å². The van der Waals surface area contributed by atoms with Gasteiger partial charge in [-0.3, -0.25) is 10.2 Å². The molecule has 0 fully saturated rings. The maximum Gasteiger partial charge on any atom is 0.416 e. The van der Waals surface area contributed by atoms with Crippen molar-refractivity contribution >= 4 is 23.2 Å². The van der Waals surface area contributed by atoms with Crippen molar-refractivity contribution in [1.29, 1.82) is 0 Å². The van der Waals surface area contributed by atoms with Gasteiger partial charge in [0.1, 0.15) is 5.71 Å². The normalized spacial score (nSPS) is 18.3. The molecular weight excluding hydrogens is 413 g/mol. The largest absolute Gasteiger partial charge is 0.871 e. The summed E-state index contributed by atoms with van der Waals surface area (Å²) in [6.07, 6.45) is -4.76. The Bertz CT molecular complexity index is 1050. The average molecular weight is 431 g/mol. The van der Waals surface area contributed by atoms with E-state index in [4.69, 9.17) is 4.74 Å². The molecule has 1 aliphatic carbocycles. The Hall–Kier alpha value is -3.62. The minimum absolute atomic E-state index is 0.0278. The molecule has 162 valence electrons. The molecule has 0 amide bonds. The maximum absolute atomic E-state index is 13.0. The van der Waals surface area contributed by atoms with E-state index in [-0.39, 0.29) is 24.3 Å². The third-order valence-corrected chi connectivity index (χ3v) is 4.65. The zero-order chi connectivity index (χ0) is 22.6. The van der Waals surface area contributed by atoms with Gasteiger partial charge in [-0.05, 0) is 30.7 Å². The van der Waals surface area contributed by atoms with Gasteiger partial charge < -0.3 is 9.84 Å². The van der Waals surface area contributed by atoms with E-state index in [1.807, 2.05) is 0 Å². The lowest BCUT2D eigenvalue weighted by Crippen LogP contribution is -2.37. The molecule has 0 aliphatic heterocycles. The van der Waals surface area contributed by atoms with Gasteiger partial charge in [-0.25, -0.2) is 4.79 Å². The molecule has 0 radical (unpaired) electrons.